The number of thiazole rings is 1. The van der Waals surface area contributed by atoms with Crippen LogP contribution in [-0.4, -0.2) is 33.1 Å². The molecule has 3 rings (SSSR count). The highest BCUT2D eigenvalue weighted by molar-refractivity contribution is 7.09. The summed E-state index contributed by atoms with van der Waals surface area (Å²) in [5.74, 6) is 0. The van der Waals surface area contributed by atoms with Gasteiger partial charge in [0.2, 0.25) is 0 Å². The molecule has 0 saturated carbocycles. The summed E-state index contributed by atoms with van der Waals surface area (Å²) in [5.41, 5.74) is 3.40. The Labute approximate surface area is 146 Å². The van der Waals surface area contributed by atoms with E-state index in [-0.39, 0.29) is 6.61 Å². The summed E-state index contributed by atoms with van der Waals surface area (Å²) in [5, 5.41) is 12.4. The fourth-order valence-corrected chi connectivity index (χ4v) is 3.42. The topological polar surface area (TPSA) is 49.2 Å². The molecule has 0 unspecified atom stereocenters. The van der Waals surface area contributed by atoms with E-state index >= 15 is 0 Å². The van der Waals surface area contributed by atoms with E-state index in [4.69, 9.17) is 10.1 Å². The van der Waals surface area contributed by atoms with Gasteiger partial charge >= 0.3 is 0 Å². The molecular formula is C19H21N3OS. The molecule has 0 atom stereocenters. The Morgan fingerprint density at radius 3 is 2.54 bits per heavy atom. The average Bonchev–Trinajstić information content (AvgIpc) is 3.10. The Morgan fingerprint density at radius 2 is 1.79 bits per heavy atom. The van der Waals surface area contributed by atoms with Crippen molar-refractivity contribution in [3.8, 4) is 11.3 Å². The summed E-state index contributed by atoms with van der Waals surface area (Å²) in [6, 6.07) is 14.3. The highest BCUT2D eigenvalue weighted by Gasteiger charge is 2.11. The molecule has 0 spiro atoms. The van der Waals surface area contributed by atoms with E-state index in [2.05, 4.69) is 27.4 Å². The van der Waals surface area contributed by atoms with Crippen molar-refractivity contribution in [2.75, 3.05) is 13.2 Å². The minimum atomic E-state index is 0.208. The van der Waals surface area contributed by atoms with E-state index in [0.717, 1.165) is 42.3 Å². The van der Waals surface area contributed by atoms with Gasteiger partial charge in [-0.05, 0) is 24.1 Å². The highest BCUT2D eigenvalue weighted by atomic mass is 32.1. The zero-order valence-corrected chi connectivity index (χ0v) is 14.3. The van der Waals surface area contributed by atoms with Crippen LogP contribution in [0.5, 0.6) is 0 Å². The maximum atomic E-state index is 9.15. The Bertz CT molecular complexity index is 731. The van der Waals surface area contributed by atoms with Crippen molar-refractivity contribution in [3.63, 3.8) is 0 Å². The van der Waals surface area contributed by atoms with Crippen LogP contribution < -0.4 is 0 Å². The summed E-state index contributed by atoms with van der Waals surface area (Å²) in [4.78, 5) is 11.2. The minimum Gasteiger partial charge on any atom is -0.396 e. The van der Waals surface area contributed by atoms with Crippen molar-refractivity contribution < 1.29 is 5.11 Å². The van der Waals surface area contributed by atoms with Crippen molar-refractivity contribution in [1.82, 2.24) is 14.9 Å². The van der Waals surface area contributed by atoms with Crippen LogP contribution in [0.2, 0.25) is 0 Å². The van der Waals surface area contributed by atoms with Crippen LogP contribution in [-0.2, 0) is 13.1 Å². The molecule has 0 fully saturated rings. The first-order valence-electron chi connectivity index (χ1n) is 8.07. The molecule has 0 aliphatic rings. The molecule has 0 aliphatic carbocycles. The second-order valence-electron chi connectivity index (χ2n) is 5.64. The summed E-state index contributed by atoms with van der Waals surface area (Å²) < 4.78 is 0. The molecule has 0 amide bonds. The van der Waals surface area contributed by atoms with Crippen molar-refractivity contribution in [2.45, 2.75) is 19.5 Å². The van der Waals surface area contributed by atoms with Crippen molar-refractivity contribution in [1.29, 1.82) is 0 Å². The van der Waals surface area contributed by atoms with Gasteiger partial charge in [0.05, 0.1) is 12.2 Å². The predicted molar refractivity (Wildman–Crippen MR) is 97.6 cm³/mol. The number of rotatable bonds is 8. The van der Waals surface area contributed by atoms with Crippen LogP contribution in [0.1, 0.15) is 17.0 Å². The number of benzene rings is 1. The lowest BCUT2D eigenvalue weighted by atomic mass is 10.2. The third-order valence-electron chi connectivity index (χ3n) is 3.77. The summed E-state index contributed by atoms with van der Waals surface area (Å²) in [6.07, 6.45) is 4.40. The molecule has 0 radical (unpaired) electrons. The van der Waals surface area contributed by atoms with Gasteiger partial charge < -0.3 is 5.11 Å². The molecule has 5 heteroatoms. The van der Waals surface area contributed by atoms with Crippen LogP contribution in [0, 0.1) is 0 Å². The van der Waals surface area contributed by atoms with E-state index in [1.807, 2.05) is 42.7 Å². The molecule has 2 heterocycles. The normalized spacial score (nSPS) is 11.1. The van der Waals surface area contributed by atoms with Gasteiger partial charge in [-0.15, -0.1) is 11.3 Å². The van der Waals surface area contributed by atoms with E-state index in [1.54, 1.807) is 11.3 Å². The predicted octanol–water partition coefficient (Wildman–Crippen LogP) is 3.59. The van der Waals surface area contributed by atoms with Crippen molar-refractivity contribution >= 4 is 11.3 Å². The molecule has 124 valence electrons. The van der Waals surface area contributed by atoms with Gasteiger partial charge in [0.25, 0.3) is 0 Å². The van der Waals surface area contributed by atoms with Crippen molar-refractivity contribution in [2.24, 2.45) is 0 Å². The number of aliphatic hydroxyl groups is 1. The van der Waals surface area contributed by atoms with E-state index in [9.17, 15) is 0 Å². The Kier molecular flexibility index (Phi) is 6.07. The number of aliphatic hydroxyl groups excluding tert-OH is 1. The molecule has 1 N–H and O–H groups in total. The second-order valence-corrected chi connectivity index (χ2v) is 6.58. The van der Waals surface area contributed by atoms with Crippen LogP contribution in [0.25, 0.3) is 11.3 Å². The lowest BCUT2D eigenvalue weighted by molar-refractivity contribution is 0.212. The fourth-order valence-electron chi connectivity index (χ4n) is 2.57. The molecule has 1 aromatic carbocycles. The van der Waals surface area contributed by atoms with E-state index < -0.39 is 0 Å². The fraction of sp³-hybridized carbons (Fsp3) is 0.263. The molecule has 24 heavy (non-hydrogen) atoms. The first-order valence-corrected chi connectivity index (χ1v) is 8.95. The van der Waals surface area contributed by atoms with E-state index in [1.165, 1.54) is 5.56 Å². The van der Waals surface area contributed by atoms with Gasteiger partial charge in [-0.3, -0.25) is 9.88 Å². The van der Waals surface area contributed by atoms with Gasteiger partial charge in [0, 0.05) is 43.0 Å². The molecule has 0 aliphatic heterocycles. The van der Waals surface area contributed by atoms with Crippen molar-refractivity contribution in [3.05, 3.63) is 70.8 Å². The third-order valence-corrected chi connectivity index (χ3v) is 4.60. The summed E-state index contributed by atoms with van der Waals surface area (Å²) in [6.45, 7) is 2.68. The molecule has 0 bridgehead atoms. The molecule has 4 nitrogen and oxygen atoms in total. The number of nitrogens with zero attached hydrogens (tertiary/aromatic N) is 3. The Hall–Kier alpha value is -2.08. The molecular weight excluding hydrogens is 318 g/mol. The lowest BCUT2D eigenvalue weighted by Gasteiger charge is -2.20. The quantitative estimate of drug-likeness (QED) is 0.681. The molecule has 0 saturated heterocycles. The third kappa shape index (κ3) is 4.71. The second kappa shape index (κ2) is 8.68. The van der Waals surface area contributed by atoms with Crippen LogP contribution in [0.4, 0.5) is 0 Å². The monoisotopic (exact) mass is 339 g/mol. The molecule has 3 aromatic rings. The minimum absolute atomic E-state index is 0.208. The maximum Gasteiger partial charge on any atom is 0.107 e. The smallest absolute Gasteiger partial charge is 0.107 e. The van der Waals surface area contributed by atoms with Gasteiger partial charge in [-0.25, -0.2) is 4.98 Å². The number of hydrogen-bond acceptors (Lipinski definition) is 5. The SMILES string of the molecule is OCCCN(Cc1ccncc1)Cc1nc(-c2ccccc2)cs1. The molecule has 2 aromatic heterocycles. The number of aromatic nitrogens is 2. The van der Waals surface area contributed by atoms with Crippen LogP contribution in [0.15, 0.2) is 60.2 Å². The summed E-state index contributed by atoms with van der Waals surface area (Å²) >= 11 is 1.69. The highest BCUT2D eigenvalue weighted by Crippen LogP contribution is 2.23. The Balaban J connectivity index is 1.69. The van der Waals surface area contributed by atoms with Crippen LogP contribution in [0.3, 0.4) is 0 Å². The number of pyridine rings is 1. The summed E-state index contributed by atoms with van der Waals surface area (Å²) in [7, 11) is 0. The zero-order chi connectivity index (χ0) is 16.6. The first kappa shape index (κ1) is 16.8. The Morgan fingerprint density at radius 1 is 1.00 bits per heavy atom. The average molecular weight is 339 g/mol. The van der Waals surface area contributed by atoms with Gasteiger partial charge in [0.1, 0.15) is 5.01 Å². The largest absolute Gasteiger partial charge is 0.396 e. The van der Waals surface area contributed by atoms with Gasteiger partial charge in [0.15, 0.2) is 0 Å². The van der Waals surface area contributed by atoms with Crippen LogP contribution >= 0.6 is 11.3 Å². The van der Waals surface area contributed by atoms with Gasteiger partial charge in [-0.1, -0.05) is 30.3 Å². The standard InChI is InChI=1S/C19H21N3OS/c23-12-4-11-22(13-16-7-9-20-10-8-16)14-19-21-18(15-24-19)17-5-2-1-3-6-17/h1-3,5-10,15,23H,4,11-14H2. The zero-order valence-electron chi connectivity index (χ0n) is 13.5. The number of hydrogen-bond donors (Lipinski definition) is 1. The first-order chi connectivity index (χ1) is 11.8. The van der Waals surface area contributed by atoms with Gasteiger partial charge in [-0.2, -0.15) is 0 Å². The van der Waals surface area contributed by atoms with E-state index in [0.29, 0.717) is 0 Å². The lowest BCUT2D eigenvalue weighted by Crippen LogP contribution is -2.24. The maximum absolute atomic E-state index is 9.15.